The van der Waals surface area contributed by atoms with Gasteiger partial charge in [0.15, 0.2) is 16.7 Å². The first-order valence-corrected chi connectivity index (χ1v) is 12.2. The van der Waals surface area contributed by atoms with Crippen LogP contribution in [0.4, 0.5) is 8.78 Å². The maximum Gasteiger partial charge on any atom is 0.367 e. The summed E-state index contributed by atoms with van der Waals surface area (Å²) in [7, 11) is -6.02. The summed E-state index contributed by atoms with van der Waals surface area (Å²) in [6.45, 7) is -2.97. The van der Waals surface area contributed by atoms with E-state index in [0.717, 1.165) is 0 Å². The number of carboxylic acid groups (broad SMARTS) is 1. The topological polar surface area (TPSA) is 150 Å². The molecule has 0 spiro atoms. The van der Waals surface area contributed by atoms with Crippen molar-refractivity contribution in [2.75, 3.05) is 13.2 Å². The number of carbonyl (C=O) groups excluding carboxylic acids is 2. The number of nitrogens with one attached hydrogen (secondary N) is 1. The normalized spacial score (nSPS) is 11.8. The Morgan fingerprint density at radius 1 is 1.04 bits per heavy atom. The van der Waals surface area contributed by atoms with Crippen LogP contribution in [0.2, 0.25) is 0 Å². The second-order valence-electron chi connectivity index (χ2n) is 4.75. The lowest BCUT2D eigenvalue weighted by Crippen LogP contribution is -2.38. The summed E-state index contributed by atoms with van der Waals surface area (Å²) in [6, 6.07) is 0. The van der Waals surface area contributed by atoms with Gasteiger partial charge in [-0.2, -0.15) is 8.78 Å². The monoisotopic (exact) mass is 870 g/mol. The summed E-state index contributed by atoms with van der Waals surface area (Å²) in [5, 5.41) is 6.61. The Morgan fingerprint density at radius 3 is 1.93 bits per heavy atom. The largest absolute Gasteiger partial charge is 0.743 e. The fourth-order valence-corrected chi connectivity index (χ4v) is 5.44. The lowest BCUT2D eigenvalue weighted by molar-refractivity contribution is -0.148. The summed E-state index contributed by atoms with van der Waals surface area (Å²) in [5.74, 6) is -3.81. The first-order valence-electron chi connectivity index (χ1n) is 6.48. The van der Waals surface area contributed by atoms with E-state index in [1.54, 1.807) is 45.2 Å². The number of carbonyl (C=O) groups is 3. The first kappa shape index (κ1) is 26.4. The van der Waals surface area contributed by atoms with Gasteiger partial charge in [0.05, 0.1) is 11.1 Å². The van der Waals surface area contributed by atoms with Crippen LogP contribution in [0.5, 0.6) is 0 Å². The van der Waals surface area contributed by atoms with Gasteiger partial charge in [-0.3, -0.25) is 9.59 Å². The molecule has 9 nitrogen and oxygen atoms in total. The van der Waals surface area contributed by atoms with Crippen molar-refractivity contribution in [2.24, 2.45) is 0 Å². The van der Waals surface area contributed by atoms with Crippen molar-refractivity contribution >= 4 is 118 Å². The molecular weight excluding hydrogens is 864 g/mol. The van der Waals surface area contributed by atoms with E-state index >= 15 is 0 Å². The number of hydrogen-bond acceptors (Lipinski definition) is 7. The number of rotatable bonds is 7. The van der Waals surface area contributed by atoms with Crippen LogP contribution in [0.3, 0.4) is 0 Å². The number of carboxylic acids is 1. The number of aromatic carboxylic acids is 1. The van der Waals surface area contributed by atoms with Crippen molar-refractivity contribution in [3.63, 3.8) is 0 Å². The van der Waals surface area contributed by atoms with Crippen LogP contribution >= 0.6 is 90.4 Å². The molecule has 0 radical (unpaired) electrons. The van der Waals surface area contributed by atoms with Gasteiger partial charge in [0.2, 0.25) is 0 Å². The third kappa shape index (κ3) is 6.16. The Kier molecular flexibility index (Phi) is 9.49. The van der Waals surface area contributed by atoms with Crippen molar-refractivity contribution in [1.29, 1.82) is 0 Å². The van der Waals surface area contributed by atoms with Gasteiger partial charge in [0.25, 0.3) is 5.91 Å². The van der Waals surface area contributed by atoms with Gasteiger partial charge in [0, 0.05) is 14.3 Å². The number of amides is 1. The van der Waals surface area contributed by atoms with E-state index in [-0.39, 0.29) is 11.1 Å². The zero-order valence-electron chi connectivity index (χ0n) is 12.9. The van der Waals surface area contributed by atoms with E-state index in [4.69, 9.17) is 0 Å². The minimum atomic E-state index is -6.02. The minimum absolute atomic E-state index is 0.234. The lowest BCUT2D eigenvalue weighted by Gasteiger charge is -2.19. The molecule has 16 heteroatoms. The molecule has 1 aromatic carbocycles. The molecule has 1 rings (SSSR count). The number of esters is 1. The van der Waals surface area contributed by atoms with E-state index in [2.05, 4.69) is 4.74 Å². The fraction of sp³-hybridized carbons (Fsp3) is 0.250. The molecule has 0 fully saturated rings. The quantitative estimate of drug-likeness (QED) is 0.140. The highest BCUT2D eigenvalue weighted by molar-refractivity contribution is 14.1. The summed E-state index contributed by atoms with van der Waals surface area (Å²) in [6.07, 6.45) is 0. The summed E-state index contributed by atoms with van der Waals surface area (Å²) < 4.78 is 62.6. The zero-order chi connectivity index (χ0) is 22.0. The first-order chi connectivity index (χ1) is 12.6. The molecule has 28 heavy (non-hydrogen) atoms. The van der Waals surface area contributed by atoms with Gasteiger partial charge in [-0.25, -0.2) is 13.2 Å². The van der Waals surface area contributed by atoms with Gasteiger partial charge >= 0.3 is 17.2 Å². The predicted molar refractivity (Wildman–Crippen MR) is 122 cm³/mol. The predicted octanol–water partition coefficient (Wildman–Crippen LogP) is 2.21. The third-order valence-corrected chi connectivity index (χ3v) is 11.1. The number of ether oxygens (including phenoxy) is 1. The zero-order valence-corrected chi connectivity index (χ0v) is 22.3. The van der Waals surface area contributed by atoms with E-state index in [0.29, 0.717) is 14.3 Å². The Morgan fingerprint density at radius 2 is 1.50 bits per heavy atom. The summed E-state index contributed by atoms with van der Waals surface area (Å²) in [4.78, 5) is 35.4. The molecule has 0 saturated carbocycles. The molecule has 156 valence electrons. The average molecular weight is 870 g/mol. The highest BCUT2D eigenvalue weighted by atomic mass is 127. The molecular formula is C12H6F2I4NO8S-. The molecule has 0 aliphatic carbocycles. The second-order valence-corrected chi connectivity index (χ2v) is 10.6. The van der Waals surface area contributed by atoms with Gasteiger partial charge in [-0.15, -0.1) is 0 Å². The Balaban J connectivity index is 2.98. The van der Waals surface area contributed by atoms with Crippen molar-refractivity contribution in [3.05, 3.63) is 25.4 Å². The highest BCUT2D eigenvalue weighted by Crippen LogP contribution is 2.33. The minimum Gasteiger partial charge on any atom is -0.743 e. The van der Waals surface area contributed by atoms with Crippen LogP contribution in [0.1, 0.15) is 20.7 Å². The van der Waals surface area contributed by atoms with E-state index in [9.17, 15) is 41.2 Å². The van der Waals surface area contributed by atoms with Gasteiger partial charge in [0.1, 0.15) is 6.54 Å². The fourth-order valence-electron chi connectivity index (χ4n) is 1.57. The van der Waals surface area contributed by atoms with Crippen molar-refractivity contribution < 1.29 is 46.0 Å². The maximum atomic E-state index is 12.9. The van der Waals surface area contributed by atoms with E-state index in [1.807, 2.05) is 50.5 Å². The molecule has 0 atom stereocenters. The molecule has 1 amide bonds. The lowest BCUT2D eigenvalue weighted by atomic mass is 10.1. The van der Waals surface area contributed by atoms with Crippen LogP contribution in [0.25, 0.3) is 0 Å². The van der Waals surface area contributed by atoms with Crippen molar-refractivity contribution in [1.82, 2.24) is 5.32 Å². The average Bonchev–Trinajstić information content (AvgIpc) is 2.57. The molecule has 1 aromatic rings. The van der Waals surface area contributed by atoms with Crippen LogP contribution in [0.15, 0.2) is 0 Å². The van der Waals surface area contributed by atoms with E-state index < -0.39 is 46.4 Å². The van der Waals surface area contributed by atoms with Crippen molar-refractivity contribution in [2.45, 2.75) is 5.25 Å². The van der Waals surface area contributed by atoms with Crippen LogP contribution < -0.4 is 5.32 Å². The van der Waals surface area contributed by atoms with Crippen LogP contribution in [-0.2, 0) is 19.6 Å². The van der Waals surface area contributed by atoms with E-state index in [1.165, 1.54) is 0 Å². The summed E-state index contributed by atoms with van der Waals surface area (Å²) >= 11 is 7.34. The molecule has 0 aliphatic heterocycles. The molecule has 0 heterocycles. The number of alkyl halides is 2. The molecule has 0 aromatic heterocycles. The Bertz CT molecular complexity index is 954. The molecule has 0 saturated heterocycles. The van der Waals surface area contributed by atoms with Gasteiger partial charge in [-0.1, -0.05) is 0 Å². The SMILES string of the molecule is O=C(CNC(=O)c1c(I)c(I)c(I)c(I)c1C(=O)O)OCC(F)(F)S(=O)(=O)[O-]. The number of benzene rings is 1. The van der Waals surface area contributed by atoms with Crippen LogP contribution in [-0.4, -0.2) is 54.3 Å². The second kappa shape index (κ2) is 10.1. The van der Waals surface area contributed by atoms with Crippen molar-refractivity contribution in [3.8, 4) is 0 Å². The summed E-state index contributed by atoms with van der Waals surface area (Å²) in [5.41, 5.74) is -0.535. The molecule has 0 aliphatic rings. The Hall–Kier alpha value is 0.320. The molecule has 0 unspecified atom stereocenters. The highest BCUT2D eigenvalue weighted by Gasteiger charge is 2.39. The Labute approximate surface area is 211 Å². The van der Waals surface area contributed by atoms with Crippen LogP contribution in [0, 0.1) is 14.3 Å². The van der Waals surface area contributed by atoms with Gasteiger partial charge < -0.3 is 19.7 Å². The molecule has 0 bridgehead atoms. The number of halogens is 6. The standard InChI is InChI=1S/C12H7F2I4NO8S/c13-12(14,28(24,25)26)2-27-3(20)1-19-10(21)4-5(11(22)23)7(16)9(18)8(17)6(4)15/h1-2H2,(H,19,21)(H,22,23)(H,24,25,26)/p-1. The van der Waals surface area contributed by atoms with Gasteiger partial charge in [-0.05, 0) is 90.4 Å². The number of hydrogen-bond donors (Lipinski definition) is 2. The smallest absolute Gasteiger partial charge is 0.367 e. The maximum absolute atomic E-state index is 12.9. The third-order valence-electron chi connectivity index (χ3n) is 2.87. The molecule has 2 N–H and O–H groups in total.